The number of nitrogens with zero attached hydrogens (tertiary/aromatic N) is 3. The molecule has 3 heterocycles. The Kier molecular flexibility index (Phi) is 3.28. The summed E-state index contributed by atoms with van der Waals surface area (Å²) in [6.45, 7) is 0. The summed E-state index contributed by atoms with van der Waals surface area (Å²) in [6, 6.07) is 10.4. The third-order valence-electron chi connectivity index (χ3n) is 3.23. The van der Waals surface area contributed by atoms with Gasteiger partial charge in [-0.2, -0.15) is 0 Å². The zero-order valence-corrected chi connectivity index (χ0v) is 13.2. The van der Waals surface area contributed by atoms with Gasteiger partial charge >= 0.3 is 0 Å². The molecule has 1 aliphatic heterocycles. The maximum absolute atomic E-state index is 12.1. The Morgan fingerprint density at radius 1 is 1.04 bits per heavy atom. The van der Waals surface area contributed by atoms with Crippen LogP contribution in [0.25, 0.3) is 16.4 Å². The van der Waals surface area contributed by atoms with Crippen LogP contribution in [0.2, 0.25) is 0 Å². The van der Waals surface area contributed by atoms with Crippen molar-refractivity contribution < 1.29 is 12.8 Å². The molecule has 8 heteroatoms. The van der Waals surface area contributed by atoms with E-state index in [4.69, 9.17) is 4.42 Å². The molecule has 6 nitrogen and oxygen atoms in total. The average molecular weight is 343 g/mol. The van der Waals surface area contributed by atoms with E-state index in [1.54, 1.807) is 42.7 Å². The van der Waals surface area contributed by atoms with E-state index in [0.717, 1.165) is 11.8 Å². The molecule has 0 N–H and O–H groups in total. The Hall–Kier alpha value is -2.45. The minimum Gasteiger partial charge on any atom is -0.411 e. The Balaban J connectivity index is 1.67. The van der Waals surface area contributed by atoms with Gasteiger partial charge in [-0.1, -0.05) is 18.2 Å². The topological polar surface area (TPSA) is 86.0 Å². The van der Waals surface area contributed by atoms with Gasteiger partial charge in [0.05, 0.1) is 15.9 Å². The lowest BCUT2D eigenvalue weighted by Crippen LogP contribution is -1.91. The third-order valence-corrected chi connectivity index (χ3v) is 5.79. The van der Waals surface area contributed by atoms with Gasteiger partial charge in [0.2, 0.25) is 15.7 Å². The van der Waals surface area contributed by atoms with Gasteiger partial charge < -0.3 is 4.42 Å². The highest BCUT2D eigenvalue weighted by atomic mass is 32.2. The van der Waals surface area contributed by atoms with Gasteiger partial charge in [-0.3, -0.25) is 4.98 Å². The molecule has 2 aromatic heterocycles. The van der Waals surface area contributed by atoms with Crippen molar-refractivity contribution in [1.82, 2.24) is 15.2 Å². The number of hydrogen-bond donors (Lipinski definition) is 0. The number of rotatable bonds is 3. The van der Waals surface area contributed by atoms with Crippen LogP contribution in [0.15, 0.2) is 68.7 Å². The van der Waals surface area contributed by atoms with Gasteiger partial charge in [-0.15, -0.1) is 10.2 Å². The zero-order chi connectivity index (χ0) is 15.9. The van der Waals surface area contributed by atoms with Crippen LogP contribution >= 0.6 is 11.8 Å². The molecule has 0 unspecified atom stereocenters. The monoisotopic (exact) mass is 343 g/mol. The highest BCUT2D eigenvalue weighted by molar-refractivity contribution is 8.09. The van der Waals surface area contributed by atoms with Crippen molar-refractivity contribution in [1.29, 1.82) is 0 Å². The molecular formula is C15H9N3O3S2. The number of benzene rings is 1. The van der Waals surface area contributed by atoms with Gasteiger partial charge in [-0.25, -0.2) is 8.42 Å². The van der Waals surface area contributed by atoms with Crippen LogP contribution in [0.3, 0.4) is 0 Å². The molecular weight excluding hydrogens is 334 g/mol. The van der Waals surface area contributed by atoms with Crippen molar-refractivity contribution >= 4 is 26.5 Å². The van der Waals surface area contributed by atoms with Gasteiger partial charge in [0.25, 0.3) is 5.22 Å². The molecule has 23 heavy (non-hydrogen) atoms. The summed E-state index contributed by atoms with van der Waals surface area (Å²) < 4.78 is 29.8. The summed E-state index contributed by atoms with van der Waals surface area (Å²) >= 11 is 1.13. The van der Waals surface area contributed by atoms with E-state index in [0.29, 0.717) is 26.8 Å². The first-order chi connectivity index (χ1) is 11.1. The standard InChI is InChI=1S/C15H9N3O3S2/c19-23(20)9-12(11-5-1-2-6-13(11)23)22-15-18-17-14(21-15)10-4-3-7-16-8-10/h1-9H. The van der Waals surface area contributed by atoms with Crippen LogP contribution in [-0.4, -0.2) is 23.6 Å². The summed E-state index contributed by atoms with van der Waals surface area (Å²) in [5.74, 6) is 0.343. The summed E-state index contributed by atoms with van der Waals surface area (Å²) in [4.78, 5) is 4.87. The second-order valence-corrected chi connectivity index (χ2v) is 7.50. The van der Waals surface area contributed by atoms with Crippen LogP contribution in [0.5, 0.6) is 0 Å². The maximum atomic E-state index is 12.1. The van der Waals surface area contributed by atoms with Crippen LogP contribution in [-0.2, 0) is 9.84 Å². The number of pyridine rings is 1. The number of hydrogen-bond acceptors (Lipinski definition) is 7. The highest BCUT2D eigenvalue weighted by Gasteiger charge is 2.28. The molecule has 114 valence electrons. The molecule has 0 saturated carbocycles. The van der Waals surface area contributed by atoms with Crippen molar-refractivity contribution in [3.63, 3.8) is 0 Å². The van der Waals surface area contributed by atoms with E-state index < -0.39 is 9.84 Å². The Labute approximate surface area is 136 Å². The predicted octanol–water partition coefficient (Wildman–Crippen LogP) is 3.01. The van der Waals surface area contributed by atoms with E-state index in [-0.39, 0.29) is 5.22 Å². The van der Waals surface area contributed by atoms with Gasteiger partial charge in [0.1, 0.15) is 0 Å². The molecule has 0 spiro atoms. The highest BCUT2D eigenvalue weighted by Crippen LogP contribution is 2.43. The lowest BCUT2D eigenvalue weighted by Gasteiger charge is -2.00. The summed E-state index contributed by atoms with van der Waals surface area (Å²) in [6.07, 6.45) is 3.28. The first-order valence-electron chi connectivity index (χ1n) is 6.61. The molecule has 0 atom stereocenters. The van der Waals surface area contributed by atoms with Crippen molar-refractivity contribution in [3.05, 3.63) is 59.8 Å². The molecule has 0 fully saturated rings. The Bertz CT molecular complexity index is 1010. The average Bonchev–Trinajstić information content (AvgIpc) is 3.12. The molecule has 0 aliphatic carbocycles. The fraction of sp³-hybridized carbons (Fsp3) is 0. The van der Waals surface area contributed by atoms with Crippen LogP contribution in [0.1, 0.15) is 5.56 Å². The molecule has 0 saturated heterocycles. The van der Waals surface area contributed by atoms with E-state index in [1.807, 2.05) is 6.07 Å². The van der Waals surface area contributed by atoms with E-state index >= 15 is 0 Å². The summed E-state index contributed by atoms with van der Waals surface area (Å²) in [7, 11) is -3.40. The van der Waals surface area contributed by atoms with Crippen LogP contribution < -0.4 is 0 Å². The lowest BCUT2D eigenvalue weighted by molar-refractivity contribution is 0.467. The largest absolute Gasteiger partial charge is 0.411 e. The molecule has 3 aromatic rings. The van der Waals surface area contributed by atoms with E-state index in [2.05, 4.69) is 15.2 Å². The zero-order valence-electron chi connectivity index (χ0n) is 11.6. The molecule has 0 amide bonds. The normalized spacial score (nSPS) is 15.2. The SMILES string of the molecule is O=S1(=O)C=C(Sc2nnc(-c3cccnc3)o2)c2ccccc21. The molecule has 0 radical (unpaired) electrons. The minimum atomic E-state index is -3.40. The Morgan fingerprint density at radius 3 is 2.74 bits per heavy atom. The molecule has 1 aliphatic rings. The number of fused-ring (bicyclic) bond motifs is 1. The third kappa shape index (κ3) is 2.55. The predicted molar refractivity (Wildman–Crippen MR) is 85.0 cm³/mol. The smallest absolute Gasteiger partial charge is 0.281 e. The first kappa shape index (κ1) is 14.2. The minimum absolute atomic E-state index is 0.280. The van der Waals surface area contributed by atoms with E-state index in [9.17, 15) is 8.42 Å². The maximum Gasteiger partial charge on any atom is 0.281 e. The quantitative estimate of drug-likeness (QED) is 0.722. The van der Waals surface area contributed by atoms with Crippen LogP contribution in [0.4, 0.5) is 0 Å². The van der Waals surface area contributed by atoms with Crippen molar-refractivity contribution in [2.45, 2.75) is 10.1 Å². The van der Waals surface area contributed by atoms with Crippen LogP contribution in [0, 0.1) is 0 Å². The fourth-order valence-corrected chi connectivity index (χ4v) is 4.82. The first-order valence-corrected chi connectivity index (χ1v) is 8.98. The second kappa shape index (κ2) is 5.32. The second-order valence-electron chi connectivity index (χ2n) is 4.74. The summed E-state index contributed by atoms with van der Waals surface area (Å²) in [5, 5.41) is 9.44. The van der Waals surface area contributed by atoms with Gasteiger partial charge in [0.15, 0.2) is 0 Å². The number of aromatic nitrogens is 3. The number of sulfone groups is 1. The molecule has 1 aromatic carbocycles. The van der Waals surface area contributed by atoms with Gasteiger partial charge in [-0.05, 0) is 30.0 Å². The van der Waals surface area contributed by atoms with E-state index in [1.165, 1.54) is 5.41 Å². The molecule has 4 rings (SSSR count). The fourth-order valence-electron chi connectivity index (χ4n) is 2.22. The van der Waals surface area contributed by atoms with Crippen molar-refractivity contribution in [2.75, 3.05) is 0 Å². The Morgan fingerprint density at radius 2 is 1.91 bits per heavy atom. The van der Waals surface area contributed by atoms with Crippen molar-refractivity contribution in [2.24, 2.45) is 0 Å². The van der Waals surface area contributed by atoms with Gasteiger partial charge in [0, 0.05) is 22.9 Å². The lowest BCUT2D eigenvalue weighted by atomic mass is 10.2. The number of thioether (sulfide) groups is 1. The summed E-state index contributed by atoms with van der Waals surface area (Å²) in [5.41, 5.74) is 1.36. The molecule has 0 bridgehead atoms. The van der Waals surface area contributed by atoms with Crippen molar-refractivity contribution in [3.8, 4) is 11.5 Å².